The van der Waals surface area contributed by atoms with E-state index >= 15 is 0 Å². The Morgan fingerprint density at radius 1 is 1.33 bits per heavy atom. The van der Waals surface area contributed by atoms with Gasteiger partial charge in [0, 0.05) is 12.0 Å². The normalized spacial score (nSPS) is 26.6. The van der Waals surface area contributed by atoms with Crippen LogP contribution in [0.4, 0.5) is 0 Å². The van der Waals surface area contributed by atoms with E-state index in [1.807, 2.05) is 0 Å². The predicted octanol–water partition coefficient (Wildman–Crippen LogP) is 1.63. The van der Waals surface area contributed by atoms with Gasteiger partial charge in [0.2, 0.25) is 0 Å². The summed E-state index contributed by atoms with van der Waals surface area (Å²) in [4.78, 5) is 7.06. The maximum absolute atomic E-state index is 5.89. The Kier molecular flexibility index (Phi) is 3.62. The second kappa shape index (κ2) is 4.97. The second-order valence-corrected chi connectivity index (χ2v) is 4.99. The van der Waals surface area contributed by atoms with Crippen molar-refractivity contribution in [2.45, 2.75) is 45.1 Å². The summed E-state index contributed by atoms with van der Waals surface area (Å²) >= 11 is 0. The van der Waals surface area contributed by atoms with Crippen LogP contribution in [0.5, 0.6) is 0 Å². The van der Waals surface area contributed by atoms with Gasteiger partial charge in [-0.25, -0.2) is 0 Å². The van der Waals surface area contributed by atoms with Crippen LogP contribution in [-0.2, 0) is 0 Å². The molecule has 1 saturated carbocycles. The van der Waals surface area contributed by atoms with Crippen molar-refractivity contribution in [3.8, 4) is 0 Å². The molecule has 1 heterocycles. The van der Waals surface area contributed by atoms with Crippen LogP contribution in [0.25, 0.3) is 0 Å². The quantitative estimate of drug-likeness (QED) is 0.565. The molecule has 1 saturated heterocycles. The fourth-order valence-corrected chi connectivity index (χ4v) is 2.22. The van der Waals surface area contributed by atoms with Crippen molar-refractivity contribution in [1.29, 1.82) is 0 Å². The molecule has 1 atom stereocenters. The van der Waals surface area contributed by atoms with E-state index in [4.69, 9.17) is 5.73 Å². The molecule has 0 bridgehead atoms. The smallest absolute Gasteiger partial charge is 0.0969 e. The monoisotopic (exact) mass is 209 g/mol. The standard InChI is InChI=1S/C12H23N3/c1-10(15-7-3-2-4-8-15)9-14-12(13)11-5-6-11/h10-11H,2-9H2,1H3,(H2,13,14). The number of hydrogen-bond acceptors (Lipinski definition) is 2. The summed E-state index contributed by atoms with van der Waals surface area (Å²) in [5.74, 6) is 1.53. The highest BCUT2D eigenvalue weighted by Crippen LogP contribution is 2.28. The Morgan fingerprint density at radius 2 is 2.00 bits per heavy atom. The molecule has 3 heteroatoms. The third-order valence-electron chi connectivity index (χ3n) is 3.55. The summed E-state index contributed by atoms with van der Waals surface area (Å²) in [6, 6.07) is 0.572. The summed E-state index contributed by atoms with van der Waals surface area (Å²) in [5, 5.41) is 0. The van der Waals surface area contributed by atoms with Crippen molar-refractivity contribution in [3.05, 3.63) is 0 Å². The van der Waals surface area contributed by atoms with E-state index in [0.29, 0.717) is 12.0 Å². The first-order valence-corrected chi connectivity index (χ1v) is 6.31. The highest BCUT2D eigenvalue weighted by Gasteiger charge is 2.25. The van der Waals surface area contributed by atoms with Gasteiger partial charge in [-0.1, -0.05) is 6.42 Å². The molecule has 86 valence electrons. The number of hydrogen-bond donors (Lipinski definition) is 1. The number of rotatable bonds is 4. The Bertz CT molecular complexity index is 227. The molecule has 0 aromatic carbocycles. The number of likely N-dealkylation sites (tertiary alicyclic amines) is 1. The van der Waals surface area contributed by atoms with E-state index in [1.54, 1.807) is 0 Å². The second-order valence-electron chi connectivity index (χ2n) is 4.99. The fraction of sp³-hybridized carbons (Fsp3) is 0.917. The number of nitrogens with two attached hydrogens (primary N) is 1. The third kappa shape index (κ3) is 3.20. The topological polar surface area (TPSA) is 41.6 Å². The largest absolute Gasteiger partial charge is 0.387 e. The highest BCUT2D eigenvalue weighted by molar-refractivity contribution is 5.84. The van der Waals surface area contributed by atoms with Crippen LogP contribution < -0.4 is 5.73 Å². The Balaban J connectivity index is 1.74. The van der Waals surface area contributed by atoms with Gasteiger partial charge in [0.05, 0.1) is 12.4 Å². The van der Waals surface area contributed by atoms with Gasteiger partial charge in [0.15, 0.2) is 0 Å². The lowest BCUT2D eigenvalue weighted by atomic mass is 10.1. The van der Waals surface area contributed by atoms with Crippen LogP contribution in [0.15, 0.2) is 4.99 Å². The molecule has 1 unspecified atom stereocenters. The summed E-state index contributed by atoms with van der Waals surface area (Å²) in [6.07, 6.45) is 6.62. The van der Waals surface area contributed by atoms with Gasteiger partial charge in [-0.2, -0.15) is 0 Å². The Hall–Kier alpha value is -0.570. The Morgan fingerprint density at radius 3 is 2.60 bits per heavy atom. The fourth-order valence-electron chi connectivity index (χ4n) is 2.22. The van der Waals surface area contributed by atoms with Gasteiger partial charge < -0.3 is 5.73 Å². The van der Waals surface area contributed by atoms with Crippen molar-refractivity contribution in [2.75, 3.05) is 19.6 Å². The first kappa shape index (κ1) is 10.9. The van der Waals surface area contributed by atoms with E-state index < -0.39 is 0 Å². The minimum absolute atomic E-state index is 0.572. The predicted molar refractivity (Wildman–Crippen MR) is 64.1 cm³/mol. The lowest BCUT2D eigenvalue weighted by Crippen LogP contribution is -2.39. The van der Waals surface area contributed by atoms with Crippen LogP contribution in [-0.4, -0.2) is 36.4 Å². The zero-order valence-corrected chi connectivity index (χ0v) is 9.78. The molecular weight excluding hydrogens is 186 g/mol. The van der Waals surface area contributed by atoms with Crippen LogP contribution in [0, 0.1) is 5.92 Å². The third-order valence-corrected chi connectivity index (χ3v) is 3.55. The van der Waals surface area contributed by atoms with Gasteiger partial charge >= 0.3 is 0 Å². The number of nitrogens with zero attached hydrogens (tertiary/aromatic N) is 2. The zero-order chi connectivity index (χ0) is 10.7. The van der Waals surface area contributed by atoms with E-state index in [2.05, 4.69) is 16.8 Å². The summed E-state index contributed by atoms with van der Waals surface area (Å²) in [6.45, 7) is 5.66. The molecule has 15 heavy (non-hydrogen) atoms. The van der Waals surface area contributed by atoms with E-state index in [0.717, 1.165) is 12.4 Å². The van der Waals surface area contributed by atoms with Crippen LogP contribution in [0.1, 0.15) is 39.0 Å². The molecule has 0 aromatic heterocycles. The number of aliphatic imine (C=N–C) groups is 1. The average Bonchev–Trinajstić information content (AvgIpc) is 3.10. The van der Waals surface area contributed by atoms with E-state index in [1.165, 1.54) is 45.2 Å². The van der Waals surface area contributed by atoms with Gasteiger partial charge in [-0.3, -0.25) is 9.89 Å². The van der Waals surface area contributed by atoms with Crippen molar-refractivity contribution in [2.24, 2.45) is 16.6 Å². The van der Waals surface area contributed by atoms with Crippen molar-refractivity contribution >= 4 is 5.84 Å². The van der Waals surface area contributed by atoms with Crippen molar-refractivity contribution in [1.82, 2.24) is 4.90 Å². The number of piperidine rings is 1. The maximum atomic E-state index is 5.89. The summed E-state index contributed by atoms with van der Waals surface area (Å²) in [7, 11) is 0. The Labute approximate surface area is 92.7 Å². The molecule has 2 rings (SSSR count). The van der Waals surface area contributed by atoms with Gasteiger partial charge in [0.1, 0.15) is 0 Å². The minimum atomic E-state index is 0.572. The molecule has 1 aliphatic carbocycles. The SMILES string of the molecule is CC(CN=C(N)C1CC1)N1CCCCC1. The average molecular weight is 209 g/mol. The lowest BCUT2D eigenvalue weighted by molar-refractivity contribution is 0.178. The van der Waals surface area contributed by atoms with Crippen LogP contribution >= 0.6 is 0 Å². The van der Waals surface area contributed by atoms with Crippen LogP contribution in [0.2, 0.25) is 0 Å². The highest BCUT2D eigenvalue weighted by atomic mass is 15.2. The van der Waals surface area contributed by atoms with Gasteiger partial charge in [0.25, 0.3) is 0 Å². The van der Waals surface area contributed by atoms with Crippen molar-refractivity contribution in [3.63, 3.8) is 0 Å². The molecule has 2 fully saturated rings. The molecule has 1 aliphatic heterocycles. The molecular formula is C12H23N3. The molecule has 0 amide bonds. The maximum Gasteiger partial charge on any atom is 0.0969 e. The zero-order valence-electron chi connectivity index (χ0n) is 9.78. The summed E-state index contributed by atoms with van der Waals surface area (Å²) in [5.41, 5.74) is 5.89. The van der Waals surface area contributed by atoms with Crippen molar-refractivity contribution < 1.29 is 0 Å². The van der Waals surface area contributed by atoms with E-state index in [9.17, 15) is 0 Å². The molecule has 0 radical (unpaired) electrons. The van der Waals surface area contributed by atoms with E-state index in [-0.39, 0.29) is 0 Å². The van der Waals surface area contributed by atoms with Gasteiger partial charge in [-0.05, 0) is 45.7 Å². The molecule has 0 aromatic rings. The lowest BCUT2D eigenvalue weighted by Gasteiger charge is -2.31. The molecule has 2 N–H and O–H groups in total. The molecule has 0 spiro atoms. The van der Waals surface area contributed by atoms with Gasteiger partial charge in [-0.15, -0.1) is 0 Å². The minimum Gasteiger partial charge on any atom is -0.387 e. The van der Waals surface area contributed by atoms with Crippen LogP contribution in [0.3, 0.4) is 0 Å². The molecule has 3 nitrogen and oxygen atoms in total. The first-order chi connectivity index (χ1) is 7.27. The summed E-state index contributed by atoms with van der Waals surface area (Å²) < 4.78 is 0. The molecule has 2 aliphatic rings. The number of amidine groups is 1. The first-order valence-electron chi connectivity index (χ1n) is 6.31.